The molecule has 0 atom stereocenters. The highest BCUT2D eigenvalue weighted by atomic mass is 31.2. The van der Waals surface area contributed by atoms with Crippen molar-refractivity contribution in [3.05, 3.63) is 0 Å². The second-order valence-corrected chi connectivity index (χ2v) is 5.59. The van der Waals surface area contributed by atoms with Crippen LogP contribution in [0.3, 0.4) is 0 Å². The lowest BCUT2D eigenvalue weighted by atomic mass is 10.5. The van der Waals surface area contributed by atoms with Gasteiger partial charge in [0.25, 0.3) is 0 Å². The number of nitrogens with one attached hydrogen (secondary N) is 2. The van der Waals surface area contributed by atoms with Gasteiger partial charge in [0.2, 0.25) is 0 Å². The Balaban J connectivity index is 0. The molecule has 0 spiro atoms. The van der Waals surface area contributed by atoms with E-state index in [2.05, 4.69) is 15.4 Å². The number of hydrogen-bond donors (Lipinski definition) is 7. The van der Waals surface area contributed by atoms with Crippen molar-refractivity contribution >= 4 is 19.5 Å². The zero-order valence-corrected chi connectivity index (χ0v) is 13.1. The highest BCUT2D eigenvalue weighted by Crippen LogP contribution is 2.31. The van der Waals surface area contributed by atoms with Crippen LogP contribution in [0.15, 0.2) is 0 Å². The predicted molar refractivity (Wildman–Crippen MR) is 79.1 cm³/mol. The molecule has 0 rings (SSSR count). The largest absolute Gasteiger partial charge is 0.481 e. The van der Waals surface area contributed by atoms with Crippen LogP contribution in [0.4, 0.5) is 0 Å². The van der Waals surface area contributed by atoms with Crippen molar-refractivity contribution < 1.29 is 33.8 Å². The Morgan fingerprint density at radius 1 is 1.09 bits per heavy atom. The first-order valence-electron chi connectivity index (χ1n) is 6.46. The van der Waals surface area contributed by atoms with Gasteiger partial charge in [-0.25, -0.2) is 0 Å². The van der Waals surface area contributed by atoms with Crippen LogP contribution in [-0.4, -0.2) is 72.4 Å². The second kappa shape index (κ2) is 14.9. The van der Waals surface area contributed by atoms with Gasteiger partial charge in [-0.15, -0.1) is 0 Å². The fraction of sp³-hybridized carbons (Fsp3) is 0.800. The highest BCUT2D eigenvalue weighted by Gasteiger charge is 2.13. The molecule has 0 saturated heterocycles. The van der Waals surface area contributed by atoms with E-state index in [1.54, 1.807) is 0 Å². The molecule has 132 valence electrons. The van der Waals surface area contributed by atoms with E-state index in [9.17, 15) is 14.2 Å². The SMILES string of the molecule is NCCNCCN.O=C(O)CCOC(=O)CNCP(=O)(O)O. The van der Waals surface area contributed by atoms with E-state index in [0.29, 0.717) is 13.1 Å². The molecule has 0 bridgehead atoms. The number of esters is 1. The van der Waals surface area contributed by atoms with Gasteiger partial charge in [-0.3, -0.25) is 19.5 Å². The molecular weight excluding hydrogens is 319 g/mol. The Kier molecular flexibility index (Phi) is 15.7. The lowest BCUT2D eigenvalue weighted by Gasteiger charge is -2.06. The molecule has 0 aromatic heterocycles. The van der Waals surface area contributed by atoms with Crippen molar-refractivity contribution in [1.82, 2.24) is 10.6 Å². The number of carbonyl (C=O) groups is 2. The third kappa shape index (κ3) is 24.0. The summed E-state index contributed by atoms with van der Waals surface area (Å²) >= 11 is 0. The van der Waals surface area contributed by atoms with Gasteiger partial charge in [0.15, 0.2) is 0 Å². The molecule has 0 fully saturated rings. The fourth-order valence-electron chi connectivity index (χ4n) is 0.936. The Hall–Kier alpha value is -1.07. The van der Waals surface area contributed by atoms with Crippen molar-refractivity contribution in [3.63, 3.8) is 0 Å². The van der Waals surface area contributed by atoms with E-state index in [1.807, 2.05) is 0 Å². The first-order chi connectivity index (χ1) is 10.2. The molecule has 0 saturated carbocycles. The van der Waals surface area contributed by atoms with Gasteiger partial charge in [-0.05, 0) is 0 Å². The Morgan fingerprint density at radius 3 is 2.05 bits per heavy atom. The van der Waals surface area contributed by atoms with E-state index in [4.69, 9.17) is 26.4 Å². The van der Waals surface area contributed by atoms with Gasteiger partial charge in [0.1, 0.15) is 6.61 Å². The number of hydrogen-bond acceptors (Lipinski definition) is 8. The minimum absolute atomic E-state index is 0.258. The molecule has 0 unspecified atom stereocenters. The van der Waals surface area contributed by atoms with E-state index >= 15 is 0 Å². The lowest BCUT2D eigenvalue weighted by molar-refractivity contribution is -0.145. The van der Waals surface area contributed by atoms with Crippen molar-refractivity contribution in [1.29, 1.82) is 0 Å². The van der Waals surface area contributed by atoms with Crippen molar-refractivity contribution in [3.8, 4) is 0 Å². The summed E-state index contributed by atoms with van der Waals surface area (Å²) in [5.74, 6) is -1.85. The van der Waals surface area contributed by atoms with Crippen LogP contribution in [0.25, 0.3) is 0 Å². The third-order valence-corrected chi connectivity index (χ3v) is 2.44. The van der Waals surface area contributed by atoms with Gasteiger partial charge in [-0.1, -0.05) is 0 Å². The maximum atomic E-state index is 10.8. The fourth-order valence-corrected chi connectivity index (χ4v) is 1.34. The molecule has 0 aliphatic carbocycles. The third-order valence-electron chi connectivity index (χ3n) is 1.81. The molecule has 12 heteroatoms. The van der Waals surface area contributed by atoms with Crippen molar-refractivity contribution in [2.75, 3.05) is 45.6 Å². The number of ether oxygens (including phenoxy) is 1. The molecule has 0 heterocycles. The Bertz CT molecular complexity index is 346. The monoisotopic (exact) mass is 344 g/mol. The maximum absolute atomic E-state index is 10.8. The number of nitrogens with two attached hydrogens (primary N) is 2. The first kappa shape index (κ1) is 23.2. The van der Waals surface area contributed by atoms with E-state index in [1.165, 1.54) is 0 Å². The highest BCUT2D eigenvalue weighted by molar-refractivity contribution is 7.51. The zero-order valence-electron chi connectivity index (χ0n) is 12.2. The summed E-state index contributed by atoms with van der Waals surface area (Å²) in [7, 11) is -4.18. The minimum Gasteiger partial charge on any atom is -0.481 e. The molecule has 22 heavy (non-hydrogen) atoms. The van der Waals surface area contributed by atoms with Crippen LogP contribution in [0.5, 0.6) is 0 Å². The van der Waals surface area contributed by atoms with Crippen molar-refractivity contribution in [2.45, 2.75) is 6.42 Å². The average Bonchev–Trinajstić information content (AvgIpc) is 2.38. The number of carboxylic acid groups (broad SMARTS) is 1. The summed E-state index contributed by atoms with van der Waals surface area (Å²) in [6.07, 6.45) is -0.925. The smallest absolute Gasteiger partial charge is 0.339 e. The summed E-state index contributed by atoms with van der Waals surface area (Å²) < 4.78 is 14.8. The van der Waals surface area contributed by atoms with Crippen LogP contribution in [-0.2, 0) is 18.9 Å². The summed E-state index contributed by atoms with van der Waals surface area (Å²) in [4.78, 5) is 37.6. The van der Waals surface area contributed by atoms with Gasteiger partial charge < -0.3 is 36.4 Å². The molecule has 11 nitrogen and oxygen atoms in total. The summed E-state index contributed by atoms with van der Waals surface area (Å²) in [5, 5.41) is 13.4. The lowest BCUT2D eigenvalue weighted by Crippen LogP contribution is -2.27. The molecule has 0 aliphatic heterocycles. The molecule has 0 aromatic rings. The maximum Gasteiger partial charge on any atom is 0.339 e. The quantitative estimate of drug-likeness (QED) is 0.116. The number of carboxylic acids is 1. The number of carbonyl (C=O) groups excluding carboxylic acids is 1. The van der Waals surface area contributed by atoms with Crippen molar-refractivity contribution in [2.24, 2.45) is 11.5 Å². The summed E-state index contributed by atoms with van der Waals surface area (Å²) in [6, 6.07) is 0. The van der Waals surface area contributed by atoms with Crippen LogP contribution in [0.1, 0.15) is 6.42 Å². The Labute approximate surface area is 128 Å². The topological polar surface area (TPSA) is 197 Å². The summed E-state index contributed by atoms with van der Waals surface area (Å²) in [5.41, 5.74) is 10.3. The van der Waals surface area contributed by atoms with Crippen LogP contribution < -0.4 is 22.1 Å². The van der Waals surface area contributed by atoms with E-state index in [-0.39, 0.29) is 19.6 Å². The van der Waals surface area contributed by atoms with Gasteiger partial charge in [-0.2, -0.15) is 0 Å². The molecule has 0 aliphatic rings. The average molecular weight is 344 g/mol. The molecular formula is C10H25N4O7P. The normalized spacial score (nSPS) is 10.5. The predicted octanol–water partition coefficient (Wildman–Crippen LogP) is -2.78. The molecule has 0 amide bonds. The molecule has 9 N–H and O–H groups in total. The molecule has 0 radical (unpaired) electrons. The second-order valence-electron chi connectivity index (χ2n) is 3.94. The Morgan fingerprint density at radius 2 is 1.64 bits per heavy atom. The van der Waals surface area contributed by atoms with Crippen LogP contribution in [0, 0.1) is 0 Å². The van der Waals surface area contributed by atoms with Gasteiger partial charge in [0.05, 0.1) is 19.3 Å². The number of rotatable bonds is 11. The molecule has 0 aromatic carbocycles. The van der Waals surface area contributed by atoms with Gasteiger partial charge >= 0.3 is 19.5 Å². The standard InChI is InChI=1S/C6H12NO7P.C4H13N3/c8-5(9)1-2-14-6(10)3-7-4-15(11,12)13;5-1-3-7-4-2-6/h7H,1-4H2,(H,8,9)(H2,11,12,13);7H,1-6H2. The first-order valence-corrected chi connectivity index (χ1v) is 8.26. The van der Waals surface area contributed by atoms with E-state index in [0.717, 1.165) is 13.1 Å². The van der Waals surface area contributed by atoms with E-state index < -0.39 is 25.8 Å². The van der Waals surface area contributed by atoms with Crippen LogP contribution >= 0.6 is 7.60 Å². The minimum atomic E-state index is -4.18. The summed E-state index contributed by atoms with van der Waals surface area (Å²) in [6.45, 7) is 2.50. The zero-order chi connectivity index (χ0) is 17.4. The van der Waals surface area contributed by atoms with Gasteiger partial charge in [0, 0.05) is 26.2 Å². The number of aliphatic carboxylic acids is 1. The van der Waals surface area contributed by atoms with Crippen LogP contribution in [0.2, 0.25) is 0 Å².